The van der Waals surface area contributed by atoms with E-state index in [4.69, 9.17) is 14.0 Å². The van der Waals surface area contributed by atoms with E-state index in [0.29, 0.717) is 54.9 Å². The van der Waals surface area contributed by atoms with Gasteiger partial charge in [-0.15, -0.1) is 0 Å². The molecule has 2 aromatic carbocycles. The molecule has 7 nitrogen and oxygen atoms in total. The van der Waals surface area contributed by atoms with E-state index in [1.807, 2.05) is 26.0 Å². The van der Waals surface area contributed by atoms with Crippen molar-refractivity contribution in [3.8, 4) is 11.5 Å². The molecule has 4 aromatic rings. The van der Waals surface area contributed by atoms with E-state index in [1.165, 1.54) is 12.1 Å². The number of nitrogens with zero attached hydrogens (tertiary/aromatic N) is 1. The number of benzene rings is 2. The van der Waals surface area contributed by atoms with Gasteiger partial charge in [-0.2, -0.15) is 13.2 Å². The number of aromatic nitrogens is 2. The van der Waals surface area contributed by atoms with Gasteiger partial charge in [-0.05, 0) is 42.7 Å². The van der Waals surface area contributed by atoms with E-state index in [2.05, 4.69) is 10.1 Å². The maximum absolute atomic E-state index is 13.2. The lowest BCUT2D eigenvalue weighted by Crippen LogP contribution is -2.10. The number of nitrogens with one attached hydrogen (secondary N) is 1. The minimum Gasteiger partial charge on any atom is -0.493 e. The standard InChI is InChI=1S/C26H27F3N2O5/c1-3-7-16-20(11-10-17-23(16)36-31-24(17)26(27,28)29)34-12-6-13-35-21-9-5-8-19-22(21)18(14-30-19)15(4-2)25(32)33/h5,8-11,14-15,30H,3-4,6-7,12-13H2,1-2H3,(H,32,33). The number of H-pyrrole nitrogens is 1. The van der Waals surface area contributed by atoms with Crippen LogP contribution in [0.4, 0.5) is 13.2 Å². The molecular weight excluding hydrogens is 477 g/mol. The average molecular weight is 505 g/mol. The molecule has 0 spiro atoms. The Morgan fingerprint density at radius 3 is 2.56 bits per heavy atom. The maximum Gasteiger partial charge on any atom is 0.437 e. The lowest BCUT2D eigenvalue weighted by atomic mass is 9.96. The highest BCUT2D eigenvalue weighted by Crippen LogP contribution is 2.38. The van der Waals surface area contributed by atoms with Gasteiger partial charge in [0.25, 0.3) is 0 Å². The predicted molar refractivity (Wildman–Crippen MR) is 128 cm³/mol. The molecule has 0 saturated heterocycles. The van der Waals surface area contributed by atoms with Crippen molar-refractivity contribution < 1.29 is 37.1 Å². The number of alkyl halides is 3. The number of carboxylic acid groups (broad SMARTS) is 1. The number of ether oxygens (including phenoxy) is 2. The Morgan fingerprint density at radius 1 is 1.14 bits per heavy atom. The van der Waals surface area contributed by atoms with Crippen LogP contribution >= 0.6 is 0 Å². The minimum absolute atomic E-state index is 0.0798. The molecule has 0 amide bonds. The number of halogens is 3. The van der Waals surface area contributed by atoms with Crippen LogP contribution in [0.1, 0.15) is 55.8 Å². The first-order valence-electron chi connectivity index (χ1n) is 11.8. The molecule has 0 bridgehead atoms. The molecule has 1 unspecified atom stereocenters. The number of aryl methyl sites for hydroxylation is 1. The zero-order chi connectivity index (χ0) is 25.9. The number of fused-ring (bicyclic) bond motifs is 2. The van der Waals surface area contributed by atoms with Crippen molar-refractivity contribution in [2.75, 3.05) is 13.2 Å². The van der Waals surface area contributed by atoms with Crippen LogP contribution in [0.2, 0.25) is 0 Å². The van der Waals surface area contributed by atoms with Crippen LogP contribution in [0.5, 0.6) is 11.5 Å². The summed E-state index contributed by atoms with van der Waals surface area (Å²) in [5.41, 5.74) is 1.07. The smallest absolute Gasteiger partial charge is 0.437 e. The van der Waals surface area contributed by atoms with E-state index >= 15 is 0 Å². The summed E-state index contributed by atoms with van der Waals surface area (Å²) in [4.78, 5) is 14.8. The Morgan fingerprint density at radius 2 is 1.89 bits per heavy atom. The highest BCUT2D eigenvalue weighted by atomic mass is 19.4. The van der Waals surface area contributed by atoms with Gasteiger partial charge in [0.1, 0.15) is 11.5 Å². The van der Waals surface area contributed by atoms with Crippen LogP contribution in [0.15, 0.2) is 41.1 Å². The Kier molecular flexibility index (Phi) is 7.42. The zero-order valence-corrected chi connectivity index (χ0v) is 19.9. The fourth-order valence-corrected chi connectivity index (χ4v) is 4.39. The first-order chi connectivity index (χ1) is 17.3. The van der Waals surface area contributed by atoms with Gasteiger partial charge in [-0.1, -0.05) is 31.5 Å². The predicted octanol–water partition coefficient (Wildman–Crippen LogP) is 6.71. The second kappa shape index (κ2) is 10.5. The molecule has 36 heavy (non-hydrogen) atoms. The van der Waals surface area contributed by atoms with Gasteiger partial charge in [-0.25, -0.2) is 0 Å². The highest BCUT2D eigenvalue weighted by Gasteiger charge is 2.37. The summed E-state index contributed by atoms with van der Waals surface area (Å²) < 4.78 is 56.5. The monoisotopic (exact) mass is 504 g/mol. The molecule has 4 rings (SSSR count). The summed E-state index contributed by atoms with van der Waals surface area (Å²) in [5.74, 6) is -0.502. The van der Waals surface area contributed by atoms with Crippen molar-refractivity contribution in [1.29, 1.82) is 0 Å². The van der Waals surface area contributed by atoms with Crippen molar-refractivity contribution in [2.24, 2.45) is 0 Å². The van der Waals surface area contributed by atoms with Gasteiger partial charge >= 0.3 is 12.1 Å². The van der Waals surface area contributed by atoms with Crippen LogP contribution in [0, 0.1) is 0 Å². The van der Waals surface area contributed by atoms with Gasteiger partial charge in [0, 0.05) is 29.1 Å². The summed E-state index contributed by atoms with van der Waals surface area (Å²) in [6.45, 7) is 4.32. The maximum atomic E-state index is 13.2. The fourth-order valence-electron chi connectivity index (χ4n) is 4.39. The number of carboxylic acids is 1. The summed E-state index contributed by atoms with van der Waals surface area (Å²) >= 11 is 0. The summed E-state index contributed by atoms with van der Waals surface area (Å²) in [6.07, 6.45) is -0.764. The van der Waals surface area contributed by atoms with Gasteiger partial charge in [0.05, 0.1) is 24.5 Å². The van der Waals surface area contributed by atoms with Crippen molar-refractivity contribution in [2.45, 2.75) is 51.6 Å². The van der Waals surface area contributed by atoms with E-state index in [1.54, 1.807) is 12.3 Å². The molecule has 0 aliphatic rings. The van der Waals surface area contributed by atoms with E-state index in [0.717, 1.165) is 10.9 Å². The first-order valence-corrected chi connectivity index (χ1v) is 11.8. The van der Waals surface area contributed by atoms with Crippen LogP contribution < -0.4 is 9.47 Å². The van der Waals surface area contributed by atoms with Crippen molar-refractivity contribution in [3.05, 3.63) is 53.3 Å². The molecule has 2 aromatic heterocycles. The van der Waals surface area contributed by atoms with Crippen molar-refractivity contribution in [1.82, 2.24) is 10.1 Å². The average Bonchev–Trinajstić information content (AvgIpc) is 3.46. The molecular formula is C26H27F3N2O5. The van der Waals surface area contributed by atoms with Gasteiger partial charge in [0.2, 0.25) is 0 Å². The lowest BCUT2D eigenvalue weighted by Gasteiger charge is -2.14. The third kappa shape index (κ3) is 4.98. The number of rotatable bonds is 11. The molecule has 0 aliphatic carbocycles. The van der Waals surface area contributed by atoms with Crippen molar-refractivity contribution >= 4 is 27.8 Å². The highest BCUT2D eigenvalue weighted by molar-refractivity contribution is 5.93. The summed E-state index contributed by atoms with van der Waals surface area (Å²) in [5, 5.41) is 13.5. The molecule has 2 heterocycles. The molecule has 1 atom stereocenters. The van der Waals surface area contributed by atoms with E-state index < -0.39 is 23.8 Å². The van der Waals surface area contributed by atoms with Gasteiger partial charge < -0.3 is 24.1 Å². The third-order valence-corrected chi connectivity index (χ3v) is 6.05. The summed E-state index contributed by atoms with van der Waals surface area (Å²) in [7, 11) is 0. The Balaban J connectivity index is 1.45. The minimum atomic E-state index is -4.60. The number of carbonyl (C=O) groups is 1. The number of hydrogen-bond acceptors (Lipinski definition) is 5. The second-order valence-electron chi connectivity index (χ2n) is 8.47. The summed E-state index contributed by atoms with van der Waals surface area (Å²) in [6, 6.07) is 8.33. The molecule has 0 saturated carbocycles. The Hall–Kier alpha value is -3.69. The number of hydrogen-bond donors (Lipinski definition) is 2. The Labute approximate surface area is 205 Å². The lowest BCUT2D eigenvalue weighted by molar-refractivity contribution is -0.141. The number of aliphatic carboxylic acids is 1. The number of aromatic amines is 1. The fraction of sp³-hybridized carbons (Fsp3) is 0.385. The largest absolute Gasteiger partial charge is 0.493 e. The first kappa shape index (κ1) is 25.4. The van der Waals surface area contributed by atoms with E-state index in [9.17, 15) is 23.1 Å². The third-order valence-electron chi connectivity index (χ3n) is 6.05. The second-order valence-corrected chi connectivity index (χ2v) is 8.47. The molecule has 10 heteroatoms. The van der Waals surface area contributed by atoms with Crippen molar-refractivity contribution in [3.63, 3.8) is 0 Å². The SMILES string of the molecule is CCCc1c(OCCCOc2cccc3[nH]cc(C(CC)C(=O)O)c23)ccc2c(C(F)(F)F)noc12. The van der Waals surface area contributed by atoms with Crippen LogP contribution in [0.3, 0.4) is 0 Å². The molecule has 0 radical (unpaired) electrons. The Bertz CT molecular complexity index is 1360. The van der Waals surface area contributed by atoms with Crippen LogP contribution in [0.25, 0.3) is 21.9 Å². The zero-order valence-electron chi connectivity index (χ0n) is 19.9. The quantitative estimate of drug-likeness (QED) is 0.221. The van der Waals surface area contributed by atoms with Gasteiger partial charge in [-0.3, -0.25) is 4.79 Å². The normalized spacial score (nSPS) is 12.8. The van der Waals surface area contributed by atoms with Crippen LogP contribution in [-0.4, -0.2) is 34.4 Å². The van der Waals surface area contributed by atoms with E-state index in [-0.39, 0.29) is 17.6 Å². The van der Waals surface area contributed by atoms with Crippen LogP contribution in [-0.2, 0) is 17.4 Å². The molecule has 0 aliphatic heterocycles. The molecule has 192 valence electrons. The van der Waals surface area contributed by atoms with Gasteiger partial charge in [0.15, 0.2) is 11.3 Å². The molecule has 2 N–H and O–H groups in total. The molecule has 0 fully saturated rings. The topological polar surface area (TPSA) is 97.6 Å².